The summed E-state index contributed by atoms with van der Waals surface area (Å²) in [6.45, 7) is 4.53. The molecule has 0 bridgehead atoms. The highest BCUT2D eigenvalue weighted by molar-refractivity contribution is 7.98. The van der Waals surface area contributed by atoms with Gasteiger partial charge in [0.1, 0.15) is 0 Å². The van der Waals surface area contributed by atoms with Gasteiger partial charge >= 0.3 is 0 Å². The Morgan fingerprint density at radius 2 is 2.39 bits per heavy atom. The molecule has 1 aromatic rings. The highest BCUT2D eigenvalue weighted by Gasteiger charge is 2.20. The Labute approximate surface area is 112 Å². The summed E-state index contributed by atoms with van der Waals surface area (Å²) in [5.41, 5.74) is 0.232. The molecule has 1 aromatic heterocycles. The first-order valence-electron chi connectivity index (χ1n) is 5.90. The number of carbonyl (C=O) groups excluding carboxylic acids is 1. The molecule has 1 rings (SSSR count). The molecule has 0 aliphatic heterocycles. The molecule has 1 unspecified atom stereocenters. The molecule has 0 aliphatic rings. The third-order valence-corrected chi connectivity index (χ3v) is 3.36. The number of hydrogen-bond donors (Lipinski definition) is 2. The van der Waals surface area contributed by atoms with Crippen molar-refractivity contribution in [2.75, 3.05) is 18.6 Å². The SMILES string of the molecule is CSCC(C)(O)CNC(=O)CCn1cc(C)cn1. The van der Waals surface area contributed by atoms with Crippen molar-refractivity contribution < 1.29 is 9.90 Å². The number of aryl methyl sites for hydroxylation is 2. The third-order valence-electron chi connectivity index (χ3n) is 2.45. The fourth-order valence-electron chi connectivity index (χ4n) is 1.54. The molecule has 1 heterocycles. The molecular formula is C12H21N3O2S. The van der Waals surface area contributed by atoms with E-state index in [-0.39, 0.29) is 12.5 Å². The zero-order chi connectivity index (χ0) is 13.6. The summed E-state index contributed by atoms with van der Waals surface area (Å²) in [5, 5.41) is 16.8. The number of aliphatic hydroxyl groups is 1. The van der Waals surface area contributed by atoms with Crippen LogP contribution in [0.25, 0.3) is 0 Å². The van der Waals surface area contributed by atoms with E-state index < -0.39 is 5.60 Å². The van der Waals surface area contributed by atoms with Crippen molar-refractivity contribution >= 4 is 17.7 Å². The van der Waals surface area contributed by atoms with E-state index in [1.807, 2.05) is 19.4 Å². The maximum atomic E-state index is 11.6. The van der Waals surface area contributed by atoms with Gasteiger partial charge in [-0.15, -0.1) is 0 Å². The minimum absolute atomic E-state index is 0.0652. The lowest BCUT2D eigenvalue weighted by atomic mass is 10.1. The lowest BCUT2D eigenvalue weighted by Gasteiger charge is -2.22. The van der Waals surface area contributed by atoms with Crippen LogP contribution < -0.4 is 5.32 Å². The molecule has 1 atom stereocenters. The predicted molar refractivity (Wildman–Crippen MR) is 73.6 cm³/mol. The smallest absolute Gasteiger partial charge is 0.221 e. The molecule has 18 heavy (non-hydrogen) atoms. The van der Waals surface area contributed by atoms with E-state index in [4.69, 9.17) is 0 Å². The van der Waals surface area contributed by atoms with E-state index in [9.17, 15) is 9.90 Å². The zero-order valence-electron chi connectivity index (χ0n) is 11.1. The average Bonchev–Trinajstić information content (AvgIpc) is 2.70. The summed E-state index contributed by atoms with van der Waals surface area (Å²) in [7, 11) is 0. The Bertz CT molecular complexity index is 390. The largest absolute Gasteiger partial charge is 0.387 e. The number of nitrogens with zero attached hydrogens (tertiary/aromatic N) is 2. The second kappa shape index (κ2) is 6.80. The summed E-state index contributed by atoms with van der Waals surface area (Å²) in [6, 6.07) is 0. The van der Waals surface area contributed by atoms with Crippen LogP contribution >= 0.6 is 11.8 Å². The second-order valence-electron chi connectivity index (χ2n) is 4.74. The second-order valence-corrected chi connectivity index (χ2v) is 5.60. The van der Waals surface area contributed by atoms with Crippen LogP contribution in [0, 0.1) is 6.92 Å². The van der Waals surface area contributed by atoms with Gasteiger partial charge in [0.05, 0.1) is 11.8 Å². The number of hydrogen-bond acceptors (Lipinski definition) is 4. The van der Waals surface area contributed by atoms with Crippen LogP contribution in [0.15, 0.2) is 12.4 Å². The molecule has 0 radical (unpaired) electrons. The van der Waals surface area contributed by atoms with Gasteiger partial charge in [0.2, 0.25) is 5.91 Å². The minimum Gasteiger partial charge on any atom is -0.387 e. The van der Waals surface area contributed by atoms with E-state index in [1.165, 1.54) is 0 Å². The first-order chi connectivity index (χ1) is 8.43. The maximum absolute atomic E-state index is 11.6. The molecule has 2 N–H and O–H groups in total. The number of aromatic nitrogens is 2. The van der Waals surface area contributed by atoms with E-state index in [0.29, 0.717) is 18.7 Å². The third kappa shape index (κ3) is 5.55. The number of nitrogens with one attached hydrogen (secondary N) is 1. The van der Waals surface area contributed by atoms with Crippen LogP contribution in [0.5, 0.6) is 0 Å². The molecule has 0 aromatic carbocycles. The Kier molecular flexibility index (Phi) is 5.68. The Balaban J connectivity index is 2.26. The maximum Gasteiger partial charge on any atom is 0.221 e. The van der Waals surface area contributed by atoms with Crippen molar-refractivity contribution in [3.63, 3.8) is 0 Å². The van der Waals surface area contributed by atoms with Crippen LogP contribution in [-0.4, -0.2) is 44.9 Å². The summed E-state index contributed by atoms with van der Waals surface area (Å²) in [5.74, 6) is 0.538. The van der Waals surface area contributed by atoms with Gasteiger partial charge in [-0.2, -0.15) is 16.9 Å². The molecule has 102 valence electrons. The van der Waals surface area contributed by atoms with E-state index in [0.717, 1.165) is 5.56 Å². The summed E-state index contributed by atoms with van der Waals surface area (Å²) in [6.07, 6.45) is 5.96. The number of thioether (sulfide) groups is 1. The van der Waals surface area contributed by atoms with Crippen LogP contribution in [0.4, 0.5) is 0 Å². The molecule has 0 spiro atoms. The molecule has 0 saturated carbocycles. The van der Waals surface area contributed by atoms with E-state index in [1.54, 1.807) is 29.6 Å². The van der Waals surface area contributed by atoms with Crippen molar-refractivity contribution in [1.82, 2.24) is 15.1 Å². The van der Waals surface area contributed by atoms with Crippen LogP contribution in [-0.2, 0) is 11.3 Å². The van der Waals surface area contributed by atoms with Gasteiger partial charge in [-0.05, 0) is 25.7 Å². The van der Waals surface area contributed by atoms with Crippen molar-refractivity contribution in [1.29, 1.82) is 0 Å². The fourth-order valence-corrected chi connectivity index (χ4v) is 2.27. The van der Waals surface area contributed by atoms with E-state index in [2.05, 4.69) is 10.4 Å². The average molecular weight is 271 g/mol. The molecule has 6 heteroatoms. The summed E-state index contributed by atoms with van der Waals surface area (Å²) in [4.78, 5) is 11.6. The number of rotatable bonds is 7. The minimum atomic E-state index is -0.850. The monoisotopic (exact) mass is 271 g/mol. The van der Waals surface area contributed by atoms with Crippen molar-refractivity contribution in [3.05, 3.63) is 18.0 Å². The van der Waals surface area contributed by atoms with Crippen molar-refractivity contribution in [3.8, 4) is 0 Å². The van der Waals surface area contributed by atoms with Gasteiger partial charge in [0.25, 0.3) is 0 Å². The lowest BCUT2D eigenvalue weighted by molar-refractivity contribution is -0.122. The molecule has 0 aliphatic carbocycles. The highest BCUT2D eigenvalue weighted by atomic mass is 32.2. The molecule has 0 fully saturated rings. The first-order valence-corrected chi connectivity index (χ1v) is 7.29. The molecular weight excluding hydrogens is 250 g/mol. The molecule has 1 amide bonds. The quantitative estimate of drug-likeness (QED) is 0.770. The Hall–Kier alpha value is -1.01. The van der Waals surface area contributed by atoms with Gasteiger partial charge < -0.3 is 10.4 Å². The Morgan fingerprint density at radius 1 is 1.67 bits per heavy atom. The summed E-state index contributed by atoms with van der Waals surface area (Å²) < 4.78 is 1.74. The summed E-state index contributed by atoms with van der Waals surface area (Å²) >= 11 is 1.56. The predicted octanol–water partition coefficient (Wildman–Crippen LogP) is 0.812. The van der Waals surface area contributed by atoms with Gasteiger partial charge in [-0.3, -0.25) is 9.48 Å². The Morgan fingerprint density at radius 3 is 2.94 bits per heavy atom. The highest BCUT2D eigenvalue weighted by Crippen LogP contribution is 2.09. The van der Waals surface area contributed by atoms with Crippen LogP contribution in [0.1, 0.15) is 18.9 Å². The van der Waals surface area contributed by atoms with Gasteiger partial charge in [-0.25, -0.2) is 0 Å². The van der Waals surface area contributed by atoms with Crippen LogP contribution in [0.3, 0.4) is 0 Å². The van der Waals surface area contributed by atoms with Gasteiger partial charge in [0.15, 0.2) is 0 Å². The number of carbonyl (C=O) groups is 1. The fraction of sp³-hybridized carbons (Fsp3) is 0.667. The van der Waals surface area contributed by atoms with Gasteiger partial charge in [0, 0.05) is 31.5 Å². The zero-order valence-corrected chi connectivity index (χ0v) is 12.0. The van der Waals surface area contributed by atoms with Crippen molar-refractivity contribution in [2.45, 2.75) is 32.4 Å². The van der Waals surface area contributed by atoms with Crippen molar-refractivity contribution in [2.24, 2.45) is 0 Å². The lowest BCUT2D eigenvalue weighted by Crippen LogP contribution is -2.42. The normalized spacial score (nSPS) is 14.2. The van der Waals surface area contributed by atoms with Gasteiger partial charge in [-0.1, -0.05) is 0 Å². The van der Waals surface area contributed by atoms with E-state index >= 15 is 0 Å². The first kappa shape index (κ1) is 15.0. The topological polar surface area (TPSA) is 67.2 Å². The van der Waals surface area contributed by atoms with Crippen LogP contribution in [0.2, 0.25) is 0 Å². The standard InChI is InChI=1S/C12H21N3O2S/c1-10-6-14-15(7-10)5-4-11(16)13-8-12(2,17)9-18-3/h6-7,17H,4-5,8-9H2,1-3H3,(H,13,16). The number of amides is 1. The molecule has 5 nitrogen and oxygen atoms in total. The molecule has 0 saturated heterocycles.